The fraction of sp³-hybridized carbons (Fsp3) is 0.286. The maximum absolute atomic E-state index is 13.7. The van der Waals surface area contributed by atoms with Crippen molar-refractivity contribution in [1.29, 1.82) is 0 Å². The second-order valence-electron chi connectivity index (χ2n) is 8.30. The second-order valence-corrected chi connectivity index (χ2v) is 9.66. The van der Waals surface area contributed by atoms with Gasteiger partial charge in [0.25, 0.3) is 0 Å². The highest BCUT2D eigenvalue weighted by molar-refractivity contribution is 9.10. The maximum atomic E-state index is 13.7. The largest absolute Gasteiger partial charge is 0.354 e. The molecule has 2 amide bonds. The van der Waals surface area contributed by atoms with Crippen LogP contribution in [0.15, 0.2) is 83.3 Å². The summed E-state index contributed by atoms with van der Waals surface area (Å²) in [6.45, 7) is 3.02. The third-order valence-corrected chi connectivity index (χ3v) is 6.36. The molecule has 178 valence electrons. The molecule has 0 saturated carbocycles. The molecule has 0 radical (unpaired) electrons. The fourth-order valence-electron chi connectivity index (χ4n) is 3.77. The van der Waals surface area contributed by atoms with Crippen LogP contribution in [0.25, 0.3) is 0 Å². The lowest BCUT2D eigenvalue weighted by Crippen LogP contribution is -2.51. The number of hydrogen-bond acceptors (Lipinski definition) is 2. The monoisotopic (exact) mass is 540 g/mol. The summed E-state index contributed by atoms with van der Waals surface area (Å²) < 4.78 is 0.933. The van der Waals surface area contributed by atoms with Gasteiger partial charge < -0.3 is 10.2 Å². The summed E-state index contributed by atoms with van der Waals surface area (Å²) in [4.78, 5) is 28.8. The number of carbonyl (C=O) groups is 2. The van der Waals surface area contributed by atoms with Crippen LogP contribution in [0, 0.1) is 0 Å². The highest BCUT2D eigenvalue weighted by Crippen LogP contribution is 2.19. The Bertz CT molecular complexity index is 1070. The molecule has 1 N–H and O–H groups in total. The van der Waals surface area contributed by atoms with Gasteiger partial charge in [-0.05, 0) is 47.4 Å². The quantitative estimate of drug-likeness (QED) is 0.294. The van der Waals surface area contributed by atoms with Crippen molar-refractivity contribution in [3.8, 4) is 0 Å². The summed E-state index contributed by atoms with van der Waals surface area (Å²) in [5, 5.41) is 3.67. The molecule has 0 bridgehead atoms. The van der Waals surface area contributed by atoms with Crippen molar-refractivity contribution in [2.45, 2.75) is 45.2 Å². The number of nitrogens with zero attached hydrogens (tertiary/aromatic N) is 1. The molecule has 0 aliphatic rings. The number of hydrogen-bond donors (Lipinski definition) is 1. The summed E-state index contributed by atoms with van der Waals surface area (Å²) in [7, 11) is 0. The normalized spacial score (nSPS) is 11.6. The maximum Gasteiger partial charge on any atom is 0.243 e. The Morgan fingerprint density at radius 2 is 1.65 bits per heavy atom. The number of unbranched alkanes of at least 4 members (excludes halogenated alkanes) is 1. The number of halogens is 2. The van der Waals surface area contributed by atoms with Gasteiger partial charge in [-0.1, -0.05) is 95.5 Å². The Labute approximate surface area is 215 Å². The Morgan fingerprint density at radius 1 is 0.941 bits per heavy atom. The number of nitrogens with one attached hydrogen (secondary N) is 1. The molecule has 4 nitrogen and oxygen atoms in total. The summed E-state index contributed by atoms with van der Waals surface area (Å²) in [6.07, 6.45) is 2.52. The first-order valence-electron chi connectivity index (χ1n) is 11.6. The molecule has 0 fully saturated rings. The average molecular weight is 542 g/mol. The molecule has 6 heteroatoms. The van der Waals surface area contributed by atoms with Gasteiger partial charge in [-0.3, -0.25) is 9.59 Å². The van der Waals surface area contributed by atoms with Gasteiger partial charge in [-0.2, -0.15) is 0 Å². The van der Waals surface area contributed by atoms with E-state index in [9.17, 15) is 9.59 Å². The molecule has 1 unspecified atom stereocenters. The Kier molecular flexibility index (Phi) is 10.2. The molecule has 0 spiro atoms. The van der Waals surface area contributed by atoms with Crippen molar-refractivity contribution >= 4 is 39.3 Å². The molecule has 0 aliphatic heterocycles. The van der Waals surface area contributed by atoms with Crippen molar-refractivity contribution in [2.75, 3.05) is 6.54 Å². The molecular weight excluding hydrogens is 512 g/mol. The summed E-state index contributed by atoms with van der Waals surface area (Å²) in [6, 6.07) is 24.3. The predicted octanol–water partition coefficient (Wildman–Crippen LogP) is 6.20. The van der Waals surface area contributed by atoms with Crippen LogP contribution in [0.2, 0.25) is 5.02 Å². The Balaban J connectivity index is 1.93. The first kappa shape index (κ1) is 26.0. The van der Waals surface area contributed by atoms with Crippen molar-refractivity contribution in [2.24, 2.45) is 0 Å². The van der Waals surface area contributed by atoms with E-state index in [0.29, 0.717) is 24.5 Å². The van der Waals surface area contributed by atoms with Crippen LogP contribution >= 0.6 is 27.5 Å². The molecule has 0 saturated heterocycles. The lowest BCUT2D eigenvalue weighted by Gasteiger charge is -2.32. The van der Waals surface area contributed by atoms with E-state index in [4.69, 9.17) is 11.6 Å². The van der Waals surface area contributed by atoms with Gasteiger partial charge >= 0.3 is 0 Å². The molecule has 1 atom stereocenters. The fourth-order valence-corrected chi connectivity index (χ4v) is 4.34. The highest BCUT2D eigenvalue weighted by atomic mass is 79.9. The van der Waals surface area contributed by atoms with Gasteiger partial charge in [0.05, 0.1) is 6.42 Å². The number of benzene rings is 3. The molecule has 3 aromatic rings. The van der Waals surface area contributed by atoms with E-state index in [1.54, 1.807) is 17.0 Å². The minimum Gasteiger partial charge on any atom is -0.354 e. The lowest BCUT2D eigenvalue weighted by atomic mass is 10.0. The zero-order valence-electron chi connectivity index (χ0n) is 19.3. The van der Waals surface area contributed by atoms with Gasteiger partial charge in [-0.15, -0.1) is 0 Å². The van der Waals surface area contributed by atoms with Gasteiger partial charge in [0.2, 0.25) is 11.8 Å². The van der Waals surface area contributed by atoms with Crippen molar-refractivity contribution in [3.05, 3.63) is 105 Å². The molecule has 34 heavy (non-hydrogen) atoms. The van der Waals surface area contributed by atoms with E-state index in [2.05, 4.69) is 28.2 Å². The van der Waals surface area contributed by atoms with E-state index in [0.717, 1.165) is 34.0 Å². The second kappa shape index (κ2) is 13.3. The SMILES string of the molecule is CCCCNC(=O)C(Cc1ccccc1)N(Cc1cccc(Br)c1)C(=O)Cc1ccc(Cl)cc1. The molecule has 0 aromatic heterocycles. The third kappa shape index (κ3) is 8.00. The summed E-state index contributed by atoms with van der Waals surface area (Å²) >= 11 is 9.54. The Morgan fingerprint density at radius 3 is 2.32 bits per heavy atom. The number of rotatable bonds is 11. The van der Waals surface area contributed by atoms with Crippen molar-refractivity contribution < 1.29 is 9.59 Å². The zero-order chi connectivity index (χ0) is 24.3. The van der Waals surface area contributed by atoms with Crippen LogP contribution in [0.3, 0.4) is 0 Å². The number of amides is 2. The first-order chi connectivity index (χ1) is 16.5. The summed E-state index contributed by atoms with van der Waals surface area (Å²) in [5.41, 5.74) is 2.83. The standard InChI is InChI=1S/C28H30BrClN2O2/c1-2-3-16-31-28(34)26(18-21-8-5-4-6-9-21)32(20-23-10-7-11-24(29)17-23)27(33)19-22-12-14-25(30)15-13-22/h4-15,17,26H,2-3,16,18-20H2,1H3,(H,31,34). The van der Waals surface area contributed by atoms with Gasteiger partial charge in [0.15, 0.2) is 0 Å². The van der Waals surface area contributed by atoms with E-state index in [-0.39, 0.29) is 18.2 Å². The van der Waals surface area contributed by atoms with Crippen molar-refractivity contribution in [1.82, 2.24) is 10.2 Å². The smallest absolute Gasteiger partial charge is 0.243 e. The third-order valence-electron chi connectivity index (χ3n) is 5.61. The minimum absolute atomic E-state index is 0.103. The minimum atomic E-state index is -0.627. The molecule has 3 aromatic carbocycles. The molecular formula is C28H30BrClN2O2. The predicted molar refractivity (Wildman–Crippen MR) is 142 cm³/mol. The Hall–Kier alpha value is -2.63. The molecule has 0 aliphatic carbocycles. The van der Waals surface area contributed by atoms with Crippen LogP contribution in [0.5, 0.6) is 0 Å². The molecule has 0 heterocycles. The van der Waals surface area contributed by atoms with Gasteiger partial charge in [0.1, 0.15) is 6.04 Å². The van der Waals surface area contributed by atoms with Crippen LogP contribution in [-0.2, 0) is 29.0 Å². The first-order valence-corrected chi connectivity index (χ1v) is 12.7. The summed E-state index contributed by atoms with van der Waals surface area (Å²) in [5.74, 6) is -0.231. The van der Waals surface area contributed by atoms with Gasteiger partial charge in [0, 0.05) is 29.0 Å². The zero-order valence-corrected chi connectivity index (χ0v) is 21.7. The average Bonchev–Trinajstić information content (AvgIpc) is 2.83. The van der Waals surface area contributed by atoms with Crippen LogP contribution < -0.4 is 5.32 Å². The van der Waals surface area contributed by atoms with Crippen LogP contribution in [0.1, 0.15) is 36.5 Å². The van der Waals surface area contributed by atoms with E-state index >= 15 is 0 Å². The van der Waals surface area contributed by atoms with Crippen LogP contribution in [0.4, 0.5) is 0 Å². The van der Waals surface area contributed by atoms with E-state index in [1.807, 2.05) is 66.7 Å². The van der Waals surface area contributed by atoms with Gasteiger partial charge in [-0.25, -0.2) is 0 Å². The lowest BCUT2D eigenvalue weighted by molar-refractivity contribution is -0.140. The van der Waals surface area contributed by atoms with E-state index < -0.39 is 6.04 Å². The van der Waals surface area contributed by atoms with Crippen molar-refractivity contribution in [3.63, 3.8) is 0 Å². The molecule has 3 rings (SSSR count). The van der Waals surface area contributed by atoms with Crippen LogP contribution in [-0.4, -0.2) is 29.3 Å². The highest BCUT2D eigenvalue weighted by Gasteiger charge is 2.30. The topological polar surface area (TPSA) is 49.4 Å². The van der Waals surface area contributed by atoms with E-state index in [1.165, 1.54) is 0 Å². The number of carbonyl (C=O) groups excluding carboxylic acids is 2.